The normalized spacial score (nSPS) is 11.9. The van der Waals surface area contributed by atoms with E-state index in [2.05, 4.69) is 20.7 Å². The van der Waals surface area contributed by atoms with Crippen LogP contribution in [0, 0.1) is 0 Å². The molecule has 0 radical (unpaired) electrons. The summed E-state index contributed by atoms with van der Waals surface area (Å²) in [4.78, 5) is 22.2. The highest BCUT2D eigenvalue weighted by atomic mass is 79.9. The van der Waals surface area contributed by atoms with Crippen LogP contribution in [0.2, 0.25) is 0 Å². The number of hydrogen-bond acceptors (Lipinski definition) is 3. The van der Waals surface area contributed by atoms with Crippen molar-refractivity contribution in [3.8, 4) is 0 Å². The molecule has 0 amide bonds. The minimum atomic E-state index is -0.942. The van der Waals surface area contributed by atoms with Gasteiger partial charge in [0.1, 0.15) is 0 Å². The van der Waals surface area contributed by atoms with Crippen molar-refractivity contribution in [1.82, 2.24) is 0 Å². The Hall–Kier alpha value is -1.36. The first kappa shape index (κ1) is 12.7. The molecule has 86 valence electrons. The Bertz CT molecular complexity index is 428. The maximum absolute atomic E-state index is 11.4. The van der Waals surface area contributed by atoms with E-state index in [1.54, 1.807) is 25.1 Å². The fourth-order valence-corrected chi connectivity index (χ4v) is 2.05. The molecule has 5 heteroatoms. The molecule has 1 aromatic carbocycles. The molecule has 16 heavy (non-hydrogen) atoms. The van der Waals surface area contributed by atoms with Crippen LogP contribution in [0.4, 0.5) is 0 Å². The third-order valence-corrected chi connectivity index (χ3v) is 3.16. The van der Waals surface area contributed by atoms with E-state index >= 15 is 0 Å². The summed E-state index contributed by atoms with van der Waals surface area (Å²) in [6, 6.07) is 4.87. The largest absolute Gasteiger partial charge is 0.481 e. The molecule has 0 aliphatic rings. The van der Waals surface area contributed by atoms with E-state index in [0.29, 0.717) is 15.6 Å². The monoisotopic (exact) mass is 286 g/mol. The van der Waals surface area contributed by atoms with Crippen LogP contribution in [-0.4, -0.2) is 24.2 Å². The summed E-state index contributed by atoms with van der Waals surface area (Å²) >= 11 is 3.23. The lowest BCUT2D eigenvalue weighted by molar-refractivity contribution is -0.138. The van der Waals surface area contributed by atoms with Gasteiger partial charge in [-0.3, -0.25) is 4.79 Å². The van der Waals surface area contributed by atoms with Crippen molar-refractivity contribution < 1.29 is 19.4 Å². The van der Waals surface area contributed by atoms with Gasteiger partial charge in [0.05, 0.1) is 18.6 Å². The average Bonchev–Trinajstić information content (AvgIpc) is 2.27. The van der Waals surface area contributed by atoms with E-state index in [1.165, 1.54) is 7.11 Å². The van der Waals surface area contributed by atoms with Crippen LogP contribution < -0.4 is 0 Å². The molecule has 0 unspecified atom stereocenters. The minimum Gasteiger partial charge on any atom is -0.481 e. The van der Waals surface area contributed by atoms with Gasteiger partial charge in [-0.1, -0.05) is 12.1 Å². The molecule has 0 aliphatic carbocycles. The fourth-order valence-electron chi connectivity index (χ4n) is 1.28. The minimum absolute atomic E-state index is 0.327. The van der Waals surface area contributed by atoms with Crippen molar-refractivity contribution in [2.75, 3.05) is 7.11 Å². The van der Waals surface area contributed by atoms with Gasteiger partial charge in [-0.05, 0) is 34.5 Å². The molecule has 0 aromatic heterocycles. The number of methoxy groups -OCH3 is 1. The number of halogens is 1. The van der Waals surface area contributed by atoms with E-state index < -0.39 is 17.9 Å². The van der Waals surface area contributed by atoms with E-state index in [9.17, 15) is 9.59 Å². The number of carboxylic acid groups (broad SMARTS) is 1. The van der Waals surface area contributed by atoms with Crippen LogP contribution in [0.25, 0.3) is 0 Å². The number of esters is 1. The Morgan fingerprint density at radius 3 is 2.56 bits per heavy atom. The van der Waals surface area contributed by atoms with Crippen LogP contribution in [-0.2, 0) is 9.53 Å². The predicted molar refractivity (Wildman–Crippen MR) is 61.5 cm³/mol. The molecule has 1 atom stereocenters. The maximum atomic E-state index is 11.4. The smallest absolute Gasteiger partial charge is 0.339 e. The van der Waals surface area contributed by atoms with E-state index in [1.807, 2.05) is 0 Å². The first-order chi connectivity index (χ1) is 7.49. The number of carboxylic acids is 1. The number of ether oxygens (including phenoxy) is 1. The average molecular weight is 287 g/mol. The third-order valence-electron chi connectivity index (χ3n) is 2.27. The highest BCUT2D eigenvalue weighted by Crippen LogP contribution is 2.28. The van der Waals surface area contributed by atoms with Gasteiger partial charge in [0.15, 0.2) is 0 Å². The molecule has 0 saturated carbocycles. The lowest BCUT2D eigenvalue weighted by Gasteiger charge is -2.11. The second-order valence-electron chi connectivity index (χ2n) is 3.26. The Labute approximate surface area is 101 Å². The fraction of sp³-hybridized carbons (Fsp3) is 0.273. The first-order valence-corrected chi connectivity index (χ1v) is 5.37. The number of carbonyl (C=O) groups is 2. The predicted octanol–water partition coefficient (Wildman–Crippen LogP) is 2.42. The molecule has 1 rings (SSSR count). The molecule has 0 bridgehead atoms. The van der Waals surface area contributed by atoms with Crippen molar-refractivity contribution in [2.45, 2.75) is 12.8 Å². The van der Waals surface area contributed by atoms with Crippen LogP contribution in [0.1, 0.15) is 28.8 Å². The molecule has 4 nitrogen and oxygen atoms in total. The summed E-state index contributed by atoms with van der Waals surface area (Å²) in [5, 5.41) is 8.91. The zero-order valence-corrected chi connectivity index (χ0v) is 10.4. The highest BCUT2D eigenvalue weighted by molar-refractivity contribution is 9.10. The number of aliphatic carboxylic acids is 1. The second-order valence-corrected chi connectivity index (χ2v) is 4.05. The van der Waals surface area contributed by atoms with Gasteiger partial charge in [0.25, 0.3) is 0 Å². The maximum Gasteiger partial charge on any atom is 0.339 e. The summed E-state index contributed by atoms with van der Waals surface area (Å²) in [5.41, 5.74) is 0.878. The number of hydrogen-bond donors (Lipinski definition) is 1. The van der Waals surface area contributed by atoms with Crippen LogP contribution in [0.5, 0.6) is 0 Å². The van der Waals surface area contributed by atoms with E-state index in [4.69, 9.17) is 5.11 Å². The van der Waals surface area contributed by atoms with Crippen LogP contribution >= 0.6 is 15.9 Å². The van der Waals surface area contributed by atoms with Gasteiger partial charge < -0.3 is 9.84 Å². The Balaban J connectivity index is 3.23. The lowest BCUT2D eigenvalue weighted by atomic mass is 9.99. The third kappa shape index (κ3) is 2.41. The van der Waals surface area contributed by atoms with Gasteiger partial charge >= 0.3 is 11.9 Å². The molecule has 0 aliphatic heterocycles. The zero-order chi connectivity index (χ0) is 12.3. The lowest BCUT2D eigenvalue weighted by Crippen LogP contribution is -2.10. The molecule has 1 N–H and O–H groups in total. The Morgan fingerprint density at radius 1 is 1.44 bits per heavy atom. The summed E-state index contributed by atoms with van der Waals surface area (Å²) in [6.07, 6.45) is 0. The van der Waals surface area contributed by atoms with Crippen molar-refractivity contribution in [2.24, 2.45) is 0 Å². The molecule has 0 fully saturated rings. The SMILES string of the molecule is COC(=O)c1cccc([C@@H](C)C(=O)O)c1Br. The van der Waals surface area contributed by atoms with Crippen molar-refractivity contribution in [1.29, 1.82) is 0 Å². The molecule has 0 saturated heterocycles. The van der Waals surface area contributed by atoms with Crippen LogP contribution in [0.3, 0.4) is 0 Å². The van der Waals surface area contributed by atoms with E-state index in [0.717, 1.165) is 0 Å². The number of carbonyl (C=O) groups excluding carboxylic acids is 1. The molecule has 0 spiro atoms. The molecule has 1 aromatic rings. The van der Waals surface area contributed by atoms with Gasteiger partial charge in [0.2, 0.25) is 0 Å². The molecular formula is C11H11BrO4. The van der Waals surface area contributed by atoms with Gasteiger partial charge in [-0.15, -0.1) is 0 Å². The van der Waals surface area contributed by atoms with Crippen molar-refractivity contribution in [3.63, 3.8) is 0 Å². The second kappa shape index (κ2) is 5.12. The number of benzene rings is 1. The zero-order valence-electron chi connectivity index (χ0n) is 8.86. The van der Waals surface area contributed by atoms with Crippen LogP contribution in [0.15, 0.2) is 22.7 Å². The van der Waals surface area contributed by atoms with Crippen molar-refractivity contribution >= 4 is 27.9 Å². The van der Waals surface area contributed by atoms with Gasteiger partial charge in [-0.2, -0.15) is 0 Å². The van der Waals surface area contributed by atoms with Crippen molar-refractivity contribution in [3.05, 3.63) is 33.8 Å². The van der Waals surface area contributed by atoms with Gasteiger partial charge in [-0.25, -0.2) is 4.79 Å². The Morgan fingerprint density at radius 2 is 2.06 bits per heavy atom. The summed E-state index contributed by atoms with van der Waals surface area (Å²) < 4.78 is 5.07. The Kier molecular flexibility index (Phi) is 4.06. The number of rotatable bonds is 3. The standard InChI is InChI=1S/C11H11BrO4/c1-6(10(13)14)7-4-3-5-8(9(7)12)11(15)16-2/h3-6H,1-2H3,(H,13,14)/t6-/m1/s1. The van der Waals surface area contributed by atoms with Gasteiger partial charge in [0, 0.05) is 4.47 Å². The topological polar surface area (TPSA) is 63.6 Å². The quantitative estimate of drug-likeness (QED) is 0.867. The van der Waals surface area contributed by atoms with E-state index in [-0.39, 0.29) is 0 Å². The molecular weight excluding hydrogens is 276 g/mol. The molecule has 0 heterocycles. The summed E-state index contributed by atoms with van der Waals surface area (Å²) in [6.45, 7) is 1.56. The summed E-state index contributed by atoms with van der Waals surface area (Å²) in [5.74, 6) is -2.12. The highest BCUT2D eigenvalue weighted by Gasteiger charge is 2.20. The summed E-state index contributed by atoms with van der Waals surface area (Å²) in [7, 11) is 1.28. The first-order valence-electron chi connectivity index (χ1n) is 4.58.